The van der Waals surface area contributed by atoms with Crippen LogP contribution in [0.1, 0.15) is 6.42 Å². The summed E-state index contributed by atoms with van der Waals surface area (Å²) in [5, 5.41) is 9.29. The Balaban J connectivity index is 2.09. The fourth-order valence-electron chi connectivity index (χ4n) is 1.42. The van der Waals surface area contributed by atoms with Crippen LogP contribution in [0.2, 0.25) is 0 Å². The molecular formula is C6H11NO3. The Kier molecular flexibility index (Phi) is 1.42. The quantitative estimate of drug-likeness (QED) is 0.450. The summed E-state index contributed by atoms with van der Waals surface area (Å²) in [7, 11) is 0. The molecule has 0 saturated carbocycles. The van der Waals surface area contributed by atoms with Gasteiger partial charge in [-0.15, -0.1) is 0 Å². The highest BCUT2D eigenvalue weighted by Gasteiger charge is 2.41. The third kappa shape index (κ3) is 0.845. The molecule has 58 valence electrons. The number of hydrogen-bond donors (Lipinski definition) is 2. The Hall–Kier alpha value is -0.160. The number of aliphatic hydroxyl groups excluding tert-OH is 1. The normalized spacial score (nSPS) is 53.4. The molecule has 0 aromatic carbocycles. The van der Waals surface area contributed by atoms with Crippen LogP contribution in [-0.2, 0) is 9.47 Å². The topological polar surface area (TPSA) is 64.7 Å². The van der Waals surface area contributed by atoms with E-state index in [1.54, 1.807) is 0 Å². The summed E-state index contributed by atoms with van der Waals surface area (Å²) >= 11 is 0. The summed E-state index contributed by atoms with van der Waals surface area (Å²) in [5.41, 5.74) is 5.59. The molecule has 0 radical (unpaired) electrons. The van der Waals surface area contributed by atoms with E-state index in [-0.39, 0.29) is 12.1 Å². The van der Waals surface area contributed by atoms with E-state index in [1.165, 1.54) is 0 Å². The van der Waals surface area contributed by atoms with Gasteiger partial charge in [0.15, 0.2) is 6.29 Å². The van der Waals surface area contributed by atoms with Crippen molar-refractivity contribution in [1.82, 2.24) is 0 Å². The zero-order valence-corrected chi connectivity index (χ0v) is 5.56. The van der Waals surface area contributed by atoms with Crippen LogP contribution in [0.15, 0.2) is 0 Å². The molecular weight excluding hydrogens is 134 g/mol. The molecule has 0 aromatic rings. The first-order valence-electron chi connectivity index (χ1n) is 3.48. The van der Waals surface area contributed by atoms with Crippen molar-refractivity contribution in [3.05, 3.63) is 0 Å². The lowest BCUT2D eigenvalue weighted by Crippen LogP contribution is -2.48. The van der Waals surface area contributed by atoms with Gasteiger partial charge in [-0.2, -0.15) is 0 Å². The van der Waals surface area contributed by atoms with Crippen LogP contribution >= 0.6 is 0 Å². The number of ether oxygens (including phenoxy) is 2. The molecule has 4 nitrogen and oxygen atoms in total. The first kappa shape index (κ1) is 6.54. The number of hydrogen-bond acceptors (Lipinski definition) is 4. The van der Waals surface area contributed by atoms with Crippen LogP contribution in [-0.4, -0.2) is 36.3 Å². The molecule has 4 atom stereocenters. The van der Waals surface area contributed by atoms with E-state index in [2.05, 4.69) is 0 Å². The van der Waals surface area contributed by atoms with Crippen LogP contribution in [0.3, 0.4) is 0 Å². The highest BCUT2D eigenvalue weighted by atomic mass is 16.7. The summed E-state index contributed by atoms with van der Waals surface area (Å²) in [4.78, 5) is 0. The molecule has 2 rings (SSSR count). The van der Waals surface area contributed by atoms with Crippen molar-refractivity contribution >= 4 is 0 Å². The minimum Gasteiger partial charge on any atom is -0.386 e. The van der Waals surface area contributed by atoms with E-state index in [9.17, 15) is 5.11 Å². The summed E-state index contributed by atoms with van der Waals surface area (Å²) < 4.78 is 10.3. The zero-order valence-electron chi connectivity index (χ0n) is 5.56. The van der Waals surface area contributed by atoms with Crippen molar-refractivity contribution in [3.8, 4) is 0 Å². The van der Waals surface area contributed by atoms with E-state index in [1.807, 2.05) is 0 Å². The maximum atomic E-state index is 9.29. The van der Waals surface area contributed by atoms with E-state index in [4.69, 9.17) is 15.2 Å². The Morgan fingerprint density at radius 2 is 2.30 bits per heavy atom. The van der Waals surface area contributed by atoms with Crippen LogP contribution in [0.5, 0.6) is 0 Å². The molecule has 2 aliphatic rings. The van der Waals surface area contributed by atoms with Gasteiger partial charge < -0.3 is 20.3 Å². The second kappa shape index (κ2) is 2.17. The highest BCUT2D eigenvalue weighted by molar-refractivity contribution is 4.87. The van der Waals surface area contributed by atoms with Gasteiger partial charge in [0.1, 0.15) is 6.10 Å². The van der Waals surface area contributed by atoms with E-state index < -0.39 is 12.4 Å². The first-order chi connectivity index (χ1) is 4.77. The second-order valence-electron chi connectivity index (χ2n) is 2.85. The van der Waals surface area contributed by atoms with E-state index in [0.29, 0.717) is 13.0 Å². The van der Waals surface area contributed by atoms with Gasteiger partial charge in [0.05, 0.1) is 12.7 Å². The minimum absolute atomic E-state index is 0.114. The molecule has 3 N–H and O–H groups in total. The molecule has 2 aliphatic heterocycles. The van der Waals surface area contributed by atoms with Gasteiger partial charge in [0.2, 0.25) is 0 Å². The van der Waals surface area contributed by atoms with Gasteiger partial charge >= 0.3 is 0 Å². The molecule has 0 aromatic heterocycles. The number of aliphatic hydroxyl groups is 1. The number of fused-ring (bicyclic) bond motifs is 2. The van der Waals surface area contributed by atoms with Crippen molar-refractivity contribution < 1.29 is 14.6 Å². The largest absolute Gasteiger partial charge is 0.386 e. The molecule has 2 bridgehead atoms. The first-order valence-corrected chi connectivity index (χ1v) is 3.48. The molecule has 2 heterocycles. The zero-order chi connectivity index (χ0) is 7.14. The molecule has 2 saturated heterocycles. The van der Waals surface area contributed by atoms with Crippen molar-refractivity contribution in [2.45, 2.75) is 31.0 Å². The SMILES string of the molecule is N[C@H]1C[C@H]2CO[C@H](O2)[C@H]1O. The monoisotopic (exact) mass is 145 g/mol. The van der Waals surface area contributed by atoms with Crippen LogP contribution in [0.4, 0.5) is 0 Å². The standard InChI is InChI=1S/C6H11NO3/c7-4-1-3-2-9-6(10-3)5(4)8/h3-6,8H,1-2,7H2/t3-,4-,5-,6+/m0/s1. The summed E-state index contributed by atoms with van der Waals surface area (Å²) in [5.74, 6) is 0. The lowest BCUT2D eigenvalue weighted by molar-refractivity contribution is -0.159. The Bertz CT molecular complexity index is 141. The lowest BCUT2D eigenvalue weighted by Gasteiger charge is -2.28. The molecule has 10 heavy (non-hydrogen) atoms. The molecule has 0 unspecified atom stereocenters. The van der Waals surface area contributed by atoms with Crippen LogP contribution in [0.25, 0.3) is 0 Å². The predicted octanol–water partition coefficient (Wildman–Crippen LogP) is -1.18. The average molecular weight is 145 g/mol. The third-order valence-electron chi connectivity index (χ3n) is 2.03. The molecule has 0 spiro atoms. The molecule has 2 fully saturated rings. The van der Waals surface area contributed by atoms with E-state index in [0.717, 1.165) is 0 Å². The van der Waals surface area contributed by atoms with Crippen molar-refractivity contribution in [2.75, 3.05) is 6.61 Å². The predicted molar refractivity (Wildman–Crippen MR) is 33.2 cm³/mol. The van der Waals surface area contributed by atoms with Crippen LogP contribution < -0.4 is 5.73 Å². The fourth-order valence-corrected chi connectivity index (χ4v) is 1.42. The van der Waals surface area contributed by atoms with Gasteiger partial charge in [-0.25, -0.2) is 0 Å². The minimum atomic E-state index is -0.640. The van der Waals surface area contributed by atoms with Gasteiger partial charge in [-0.05, 0) is 6.42 Å². The smallest absolute Gasteiger partial charge is 0.185 e. The summed E-state index contributed by atoms with van der Waals surface area (Å²) in [6.45, 7) is 0.579. The maximum Gasteiger partial charge on any atom is 0.185 e. The Morgan fingerprint density at radius 1 is 1.50 bits per heavy atom. The second-order valence-corrected chi connectivity index (χ2v) is 2.85. The molecule has 4 heteroatoms. The number of nitrogens with two attached hydrogens (primary N) is 1. The maximum absolute atomic E-state index is 9.29. The van der Waals surface area contributed by atoms with Gasteiger partial charge in [0.25, 0.3) is 0 Å². The molecule has 0 amide bonds. The Morgan fingerprint density at radius 3 is 3.10 bits per heavy atom. The third-order valence-corrected chi connectivity index (χ3v) is 2.03. The van der Waals surface area contributed by atoms with Gasteiger partial charge in [-0.3, -0.25) is 0 Å². The van der Waals surface area contributed by atoms with Crippen molar-refractivity contribution in [1.29, 1.82) is 0 Å². The highest BCUT2D eigenvalue weighted by Crippen LogP contribution is 2.25. The average Bonchev–Trinajstić information content (AvgIpc) is 2.29. The van der Waals surface area contributed by atoms with Crippen molar-refractivity contribution in [3.63, 3.8) is 0 Å². The molecule has 0 aliphatic carbocycles. The number of rotatable bonds is 0. The van der Waals surface area contributed by atoms with Gasteiger partial charge in [0, 0.05) is 6.04 Å². The van der Waals surface area contributed by atoms with E-state index >= 15 is 0 Å². The Labute approximate surface area is 58.9 Å². The summed E-state index contributed by atoms with van der Waals surface area (Å²) in [6, 6.07) is -0.175. The fraction of sp³-hybridized carbons (Fsp3) is 1.00. The summed E-state index contributed by atoms with van der Waals surface area (Å²) in [6.07, 6.45) is -0.284. The van der Waals surface area contributed by atoms with Gasteiger partial charge in [-0.1, -0.05) is 0 Å². The van der Waals surface area contributed by atoms with Crippen LogP contribution in [0, 0.1) is 0 Å². The lowest BCUT2D eigenvalue weighted by atomic mass is 10.0. The van der Waals surface area contributed by atoms with Crippen molar-refractivity contribution in [2.24, 2.45) is 5.73 Å².